The van der Waals surface area contributed by atoms with Crippen LogP contribution >= 0.6 is 0 Å². The SMILES string of the molecule is CC(C(=O)NCCOc1ccc2ccccc2c1)N(c1ccc2c(c1)OCCO2)S(C)(=O)=O. The monoisotopic (exact) mass is 470 g/mol. The van der Waals surface area contributed by atoms with Crippen molar-refractivity contribution in [2.75, 3.05) is 36.9 Å². The highest BCUT2D eigenvalue weighted by Gasteiger charge is 2.30. The predicted molar refractivity (Wildman–Crippen MR) is 127 cm³/mol. The number of hydrogen-bond acceptors (Lipinski definition) is 6. The van der Waals surface area contributed by atoms with Crippen molar-refractivity contribution in [3.05, 3.63) is 60.7 Å². The topological polar surface area (TPSA) is 94.2 Å². The highest BCUT2D eigenvalue weighted by atomic mass is 32.2. The summed E-state index contributed by atoms with van der Waals surface area (Å²) in [7, 11) is -3.74. The van der Waals surface area contributed by atoms with E-state index in [0.29, 0.717) is 36.1 Å². The zero-order chi connectivity index (χ0) is 23.4. The molecular formula is C24H26N2O6S. The van der Waals surface area contributed by atoms with Gasteiger partial charge in [0, 0.05) is 6.07 Å². The Hall–Kier alpha value is -3.46. The summed E-state index contributed by atoms with van der Waals surface area (Å²) in [6, 6.07) is 17.6. The van der Waals surface area contributed by atoms with E-state index in [0.717, 1.165) is 21.3 Å². The van der Waals surface area contributed by atoms with Gasteiger partial charge in [-0.3, -0.25) is 9.10 Å². The van der Waals surface area contributed by atoms with Crippen molar-refractivity contribution in [2.45, 2.75) is 13.0 Å². The first-order valence-electron chi connectivity index (χ1n) is 10.6. The minimum Gasteiger partial charge on any atom is -0.492 e. The number of carbonyl (C=O) groups is 1. The molecule has 1 unspecified atom stereocenters. The zero-order valence-corrected chi connectivity index (χ0v) is 19.3. The minimum atomic E-state index is -3.74. The minimum absolute atomic E-state index is 0.231. The predicted octanol–water partition coefficient (Wildman–Crippen LogP) is 2.96. The molecule has 1 amide bonds. The van der Waals surface area contributed by atoms with Gasteiger partial charge in [0.15, 0.2) is 11.5 Å². The molecule has 3 aromatic rings. The van der Waals surface area contributed by atoms with Crippen LogP contribution in [0.1, 0.15) is 6.92 Å². The summed E-state index contributed by atoms with van der Waals surface area (Å²) in [6.45, 7) is 2.83. The molecule has 33 heavy (non-hydrogen) atoms. The summed E-state index contributed by atoms with van der Waals surface area (Å²) < 4.78 is 42.9. The molecule has 0 saturated carbocycles. The van der Waals surface area contributed by atoms with Gasteiger partial charge in [-0.2, -0.15) is 0 Å². The van der Waals surface area contributed by atoms with Crippen LogP contribution in [-0.2, 0) is 14.8 Å². The summed E-state index contributed by atoms with van der Waals surface area (Å²) >= 11 is 0. The lowest BCUT2D eigenvalue weighted by Gasteiger charge is -2.29. The molecule has 0 spiro atoms. The zero-order valence-electron chi connectivity index (χ0n) is 18.5. The van der Waals surface area contributed by atoms with Gasteiger partial charge in [-0.1, -0.05) is 30.3 Å². The number of amides is 1. The Morgan fingerprint density at radius 1 is 1.03 bits per heavy atom. The first-order valence-corrected chi connectivity index (χ1v) is 12.5. The molecule has 0 radical (unpaired) electrons. The summed E-state index contributed by atoms with van der Waals surface area (Å²) in [5.74, 6) is 1.26. The van der Waals surface area contributed by atoms with E-state index in [-0.39, 0.29) is 13.2 Å². The number of anilines is 1. The molecule has 174 valence electrons. The first kappa shape index (κ1) is 22.7. The fourth-order valence-electron chi connectivity index (χ4n) is 3.73. The third kappa shape index (κ3) is 5.31. The molecule has 0 fully saturated rings. The fourth-order valence-corrected chi connectivity index (χ4v) is 4.89. The average Bonchev–Trinajstić information content (AvgIpc) is 2.80. The van der Waals surface area contributed by atoms with E-state index in [1.807, 2.05) is 42.5 Å². The van der Waals surface area contributed by atoms with Gasteiger partial charge in [-0.25, -0.2) is 8.42 Å². The number of hydrogen-bond donors (Lipinski definition) is 1. The number of rotatable bonds is 8. The van der Waals surface area contributed by atoms with Gasteiger partial charge >= 0.3 is 0 Å². The Balaban J connectivity index is 1.38. The average molecular weight is 471 g/mol. The van der Waals surface area contributed by atoms with Crippen molar-refractivity contribution in [3.8, 4) is 17.2 Å². The van der Waals surface area contributed by atoms with Crippen LogP contribution in [0, 0.1) is 0 Å². The lowest BCUT2D eigenvalue weighted by Crippen LogP contribution is -2.48. The van der Waals surface area contributed by atoms with E-state index >= 15 is 0 Å². The van der Waals surface area contributed by atoms with Gasteiger partial charge in [0.1, 0.15) is 31.6 Å². The van der Waals surface area contributed by atoms with Crippen LogP contribution in [0.4, 0.5) is 5.69 Å². The van der Waals surface area contributed by atoms with E-state index in [2.05, 4.69) is 5.32 Å². The van der Waals surface area contributed by atoms with Crippen LogP contribution in [0.15, 0.2) is 60.7 Å². The summed E-state index contributed by atoms with van der Waals surface area (Å²) in [4.78, 5) is 12.8. The van der Waals surface area contributed by atoms with E-state index in [1.54, 1.807) is 18.2 Å². The van der Waals surface area contributed by atoms with Gasteiger partial charge in [0.2, 0.25) is 15.9 Å². The molecule has 0 saturated heterocycles. The van der Waals surface area contributed by atoms with Gasteiger partial charge < -0.3 is 19.5 Å². The Kier molecular flexibility index (Phi) is 6.60. The maximum atomic E-state index is 12.8. The molecule has 1 heterocycles. The van der Waals surface area contributed by atoms with E-state index in [4.69, 9.17) is 14.2 Å². The van der Waals surface area contributed by atoms with Gasteiger partial charge in [0.05, 0.1) is 18.5 Å². The third-order valence-corrected chi connectivity index (χ3v) is 6.50. The molecule has 1 aliphatic heterocycles. The Bertz CT molecular complexity index is 1260. The molecule has 1 N–H and O–H groups in total. The number of nitrogens with one attached hydrogen (secondary N) is 1. The van der Waals surface area contributed by atoms with Crippen LogP contribution in [0.2, 0.25) is 0 Å². The number of sulfonamides is 1. The Morgan fingerprint density at radius 3 is 2.52 bits per heavy atom. The third-order valence-electron chi connectivity index (χ3n) is 5.26. The van der Waals surface area contributed by atoms with Crippen LogP contribution in [0.25, 0.3) is 10.8 Å². The van der Waals surface area contributed by atoms with Gasteiger partial charge in [-0.05, 0) is 42.0 Å². The molecule has 3 aromatic carbocycles. The van der Waals surface area contributed by atoms with Crippen molar-refractivity contribution in [1.82, 2.24) is 5.32 Å². The van der Waals surface area contributed by atoms with Crippen molar-refractivity contribution in [3.63, 3.8) is 0 Å². The quantitative estimate of drug-likeness (QED) is 0.509. The molecular weight excluding hydrogens is 444 g/mol. The highest BCUT2D eigenvalue weighted by Crippen LogP contribution is 2.35. The summed E-state index contributed by atoms with van der Waals surface area (Å²) in [6.07, 6.45) is 1.07. The first-order chi connectivity index (χ1) is 15.8. The Labute approximate surface area is 193 Å². The van der Waals surface area contributed by atoms with E-state index in [9.17, 15) is 13.2 Å². The number of benzene rings is 3. The second-order valence-corrected chi connectivity index (χ2v) is 9.57. The largest absolute Gasteiger partial charge is 0.492 e. The maximum Gasteiger partial charge on any atom is 0.243 e. The van der Waals surface area contributed by atoms with Crippen LogP contribution < -0.4 is 23.8 Å². The molecule has 9 heteroatoms. The van der Waals surface area contributed by atoms with Crippen LogP contribution in [0.3, 0.4) is 0 Å². The lowest BCUT2D eigenvalue weighted by molar-refractivity contribution is -0.121. The Morgan fingerprint density at radius 2 is 1.76 bits per heavy atom. The molecule has 0 bridgehead atoms. The molecule has 0 aromatic heterocycles. The fraction of sp³-hybridized carbons (Fsp3) is 0.292. The second-order valence-electron chi connectivity index (χ2n) is 7.71. The van der Waals surface area contributed by atoms with Gasteiger partial charge in [0.25, 0.3) is 0 Å². The number of fused-ring (bicyclic) bond motifs is 2. The van der Waals surface area contributed by atoms with Gasteiger partial charge in [-0.15, -0.1) is 0 Å². The number of carbonyl (C=O) groups excluding carboxylic acids is 1. The molecule has 8 nitrogen and oxygen atoms in total. The lowest BCUT2D eigenvalue weighted by atomic mass is 10.1. The second kappa shape index (κ2) is 9.58. The van der Waals surface area contributed by atoms with Crippen molar-refractivity contribution < 1.29 is 27.4 Å². The molecule has 1 atom stereocenters. The normalized spacial score (nSPS) is 13.9. The van der Waals surface area contributed by atoms with E-state index < -0.39 is 22.0 Å². The van der Waals surface area contributed by atoms with Crippen LogP contribution in [-0.4, -0.2) is 53.0 Å². The van der Waals surface area contributed by atoms with Crippen molar-refractivity contribution >= 4 is 32.4 Å². The standard InChI is InChI=1S/C24H26N2O6S/c1-17(26(33(2,28)29)20-8-10-22-23(16-20)32-14-13-31-22)24(27)25-11-12-30-21-9-7-18-5-3-4-6-19(18)15-21/h3-10,15-17H,11-14H2,1-2H3,(H,25,27). The maximum absolute atomic E-state index is 12.8. The van der Waals surface area contributed by atoms with E-state index in [1.165, 1.54) is 6.92 Å². The molecule has 4 rings (SSSR count). The smallest absolute Gasteiger partial charge is 0.243 e. The molecule has 1 aliphatic rings. The number of ether oxygens (including phenoxy) is 3. The number of nitrogens with zero attached hydrogens (tertiary/aromatic N) is 1. The van der Waals surface area contributed by atoms with Crippen LogP contribution in [0.5, 0.6) is 17.2 Å². The van der Waals surface area contributed by atoms with Crippen molar-refractivity contribution in [1.29, 1.82) is 0 Å². The molecule has 0 aliphatic carbocycles. The summed E-state index contributed by atoms with van der Waals surface area (Å²) in [5.41, 5.74) is 0.330. The summed E-state index contributed by atoms with van der Waals surface area (Å²) in [5, 5.41) is 4.93. The van der Waals surface area contributed by atoms with Crippen molar-refractivity contribution in [2.24, 2.45) is 0 Å². The highest BCUT2D eigenvalue weighted by molar-refractivity contribution is 7.92.